The zero-order valence-corrected chi connectivity index (χ0v) is 12.6. The fourth-order valence-corrected chi connectivity index (χ4v) is 2.82. The molecule has 1 N–H and O–H groups in total. The normalized spacial score (nSPS) is 10.8. The molecule has 0 radical (unpaired) electrons. The average molecular weight is 335 g/mol. The predicted octanol–water partition coefficient (Wildman–Crippen LogP) is 4.46. The Morgan fingerprint density at radius 2 is 2.00 bits per heavy atom. The lowest BCUT2D eigenvalue weighted by Gasteiger charge is -2.08. The number of nitrogens with one attached hydrogen (secondary N) is 1. The number of hydrogen-bond acceptors (Lipinski definition) is 2. The maximum atomic E-state index is 5.40. The first kappa shape index (κ1) is 12.4. The van der Waals surface area contributed by atoms with E-state index in [4.69, 9.17) is 17.0 Å². The minimum absolute atomic E-state index is 0.672. The molecule has 1 aromatic heterocycles. The summed E-state index contributed by atoms with van der Waals surface area (Å²) in [5, 5.41) is 0. The summed E-state index contributed by atoms with van der Waals surface area (Å²) >= 11 is 8.86. The number of ether oxygens (including phenoxy) is 1. The van der Waals surface area contributed by atoms with E-state index in [2.05, 4.69) is 20.9 Å². The van der Waals surface area contributed by atoms with Crippen molar-refractivity contribution >= 4 is 39.2 Å². The third kappa shape index (κ3) is 2.09. The summed E-state index contributed by atoms with van der Waals surface area (Å²) in [6, 6.07) is 14.0. The van der Waals surface area contributed by atoms with Gasteiger partial charge in [-0.3, -0.25) is 4.57 Å². The molecule has 0 saturated carbocycles. The Balaban J connectivity index is 2.30. The molecule has 0 unspecified atom stereocenters. The summed E-state index contributed by atoms with van der Waals surface area (Å²) in [6.07, 6.45) is 0. The SMILES string of the molecule is COc1cc(-n2c(=S)[nH]c3ccccc32)ccc1Br. The number of methoxy groups -OCH3 is 1. The lowest BCUT2D eigenvalue weighted by molar-refractivity contribution is 0.412. The number of aromatic amines is 1. The Kier molecular flexibility index (Phi) is 3.16. The van der Waals surface area contributed by atoms with Crippen LogP contribution in [-0.4, -0.2) is 16.7 Å². The Hall–Kier alpha value is -1.59. The highest BCUT2D eigenvalue weighted by atomic mass is 79.9. The summed E-state index contributed by atoms with van der Waals surface area (Å²) in [5.41, 5.74) is 3.05. The summed E-state index contributed by atoms with van der Waals surface area (Å²) in [5.74, 6) is 0.782. The van der Waals surface area contributed by atoms with Crippen LogP contribution in [0.4, 0.5) is 0 Å². The Labute approximate surface area is 124 Å². The quantitative estimate of drug-likeness (QED) is 0.701. The van der Waals surface area contributed by atoms with Crippen LogP contribution in [-0.2, 0) is 0 Å². The summed E-state index contributed by atoms with van der Waals surface area (Å²) < 4.78 is 8.92. The van der Waals surface area contributed by atoms with Crippen molar-refractivity contribution in [2.75, 3.05) is 7.11 Å². The van der Waals surface area contributed by atoms with E-state index in [9.17, 15) is 0 Å². The Bertz CT molecular complexity index is 807. The second-order valence-electron chi connectivity index (χ2n) is 4.10. The first-order valence-electron chi connectivity index (χ1n) is 5.74. The second kappa shape index (κ2) is 4.83. The molecule has 0 aliphatic heterocycles. The van der Waals surface area contributed by atoms with E-state index in [1.54, 1.807) is 7.11 Å². The standard InChI is InChI=1S/C14H11BrN2OS/c1-18-13-8-9(6-7-10(13)15)17-12-5-3-2-4-11(12)16-14(17)19/h2-8H,1H3,(H,16,19). The van der Waals surface area contributed by atoms with Crippen LogP contribution in [0.25, 0.3) is 16.7 Å². The number of nitrogens with zero attached hydrogens (tertiary/aromatic N) is 1. The molecule has 0 saturated heterocycles. The fraction of sp³-hybridized carbons (Fsp3) is 0.0714. The van der Waals surface area contributed by atoms with Crippen LogP contribution in [0, 0.1) is 4.77 Å². The second-order valence-corrected chi connectivity index (χ2v) is 5.34. The molecule has 1 heterocycles. The molecule has 3 aromatic rings. The van der Waals surface area contributed by atoms with Crippen molar-refractivity contribution in [3.8, 4) is 11.4 Å². The molecule has 0 atom stereocenters. The summed E-state index contributed by atoms with van der Waals surface area (Å²) in [4.78, 5) is 3.20. The number of rotatable bonds is 2. The van der Waals surface area contributed by atoms with Gasteiger partial charge in [-0.05, 0) is 52.4 Å². The van der Waals surface area contributed by atoms with Crippen LogP contribution >= 0.6 is 28.1 Å². The molecule has 0 aliphatic rings. The van der Waals surface area contributed by atoms with E-state index in [-0.39, 0.29) is 0 Å². The van der Waals surface area contributed by atoms with E-state index in [0.717, 1.165) is 26.9 Å². The maximum absolute atomic E-state index is 5.40. The molecule has 5 heteroatoms. The third-order valence-corrected chi connectivity index (χ3v) is 3.92. The highest BCUT2D eigenvalue weighted by Gasteiger charge is 2.08. The molecular weight excluding hydrogens is 324 g/mol. The minimum Gasteiger partial charge on any atom is -0.495 e. The van der Waals surface area contributed by atoms with E-state index in [1.165, 1.54) is 0 Å². The first-order chi connectivity index (χ1) is 9.20. The van der Waals surface area contributed by atoms with Gasteiger partial charge in [-0.15, -0.1) is 0 Å². The van der Waals surface area contributed by atoms with Crippen molar-refractivity contribution in [1.82, 2.24) is 9.55 Å². The third-order valence-electron chi connectivity index (χ3n) is 2.98. The monoisotopic (exact) mass is 334 g/mol. The van der Waals surface area contributed by atoms with Crippen molar-refractivity contribution in [3.63, 3.8) is 0 Å². The highest BCUT2D eigenvalue weighted by Crippen LogP contribution is 2.29. The van der Waals surface area contributed by atoms with Crippen molar-refractivity contribution < 1.29 is 4.74 Å². The Morgan fingerprint density at radius 3 is 2.79 bits per heavy atom. The van der Waals surface area contributed by atoms with Crippen LogP contribution in [0.5, 0.6) is 5.75 Å². The molecule has 0 spiro atoms. The molecule has 2 aromatic carbocycles. The van der Waals surface area contributed by atoms with Gasteiger partial charge in [0.05, 0.1) is 28.3 Å². The fourth-order valence-electron chi connectivity index (χ4n) is 2.10. The number of para-hydroxylation sites is 2. The number of benzene rings is 2. The van der Waals surface area contributed by atoms with Crippen molar-refractivity contribution in [1.29, 1.82) is 0 Å². The van der Waals surface area contributed by atoms with Crippen LogP contribution in [0.1, 0.15) is 0 Å². The minimum atomic E-state index is 0.672. The van der Waals surface area contributed by atoms with Gasteiger partial charge in [-0.1, -0.05) is 12.1 Å². The van der Waals surface area contributed by atoms with Crippen LogP contribution in [0.15, 0.2) is 46.9 Å². The van der Waals surface area contributed by atoms with Gasteiger partial charge in [0.25, 0.3) is 0 Å². The molecule has 96 valence electrons. The van der Waals surface area contributed by atoms with Crippen LogP contribution in [0.3, 0.4) is 0 Å². The Morgan fingerprint density at radius 1 is 1.21 bits per heavy atom. The maximum Gasteiger partial charge on any atom is 0.182 e. The van der Waals surface area contributed by atoms with Gasteiger partial charge >= 0.3 is 0 Å². The van der Waals surface area contributed by atoms with Gasteiger partial charge in [0.1, 0.15) is 5.75 Å². The number of fused-ring (bicyclic) bond motifs is 1. The van der Waals surface area contributed by atoms with E-state index in [0.29, 0.717) is 4.77 Å². The van der Waals surface area contributed by atoms with Crippen molar-refractivity contribution in [3.05, 3.63) is 51.7 Å². The largest absolute Gasteiger partial charge is 0.495 e. The molecule has 0 fully saturated rings. The topological polar surface area (TPSA) is 29.9 Å². The van der Waals surface area contributed by atoms with Crippen LogP contribution in [0.2, 0.25) is 0 Å². The molecular formula is C14H11BrN2OS. The smallest absolute Gasteiger partial charge is 0.182 e. The van der Waals surface area contributed by atoms with E-state index in [1.807, 2.05) is 47.0 Å². The van der Waals surface area contributed by atoms with Gasteiger partial charge in [-0.25, -0.2) is 0 Å². The summed E-state index contributed by atoms with van der Waals surface area (Å²) in [6.45, 7) is 0. The molecule has 3 rings (SSSR count). The number of aromatic nitrogens is 2. The number of H-pyrrole nitrogens is 1. The van der Waals surface area contributed by atoms with E-state index < -0.39 is 0 Å². The molecule has 0 bridgehead atoms. The van der Waals surface area contributed by atoms with E-state index >= 15 is 0 Å². The molecule has 0 amide bonds. The van der Waals surface area contributed by atoms with Gasteiger partial charge in [-0.2, -0.15) is 0 Å². The zero-order valence-electron chi connectivity index (χ0n) is 10.2. The van der Waals surface area contributed by atoms with Gasteiger partial charge in [0.2, 0.25) is 0 Å². The lowest BCUT2D eigenvalue weighted by atomic mass is 10.2. The number of imidazole rings is 1. The molecule has 0 aliphatic carbocycles. The summed E-state index contributed by atoms with van der Waals surface area (Å²) in [7, 11) is 1.65. The van der Waals surface area contributed by atoms with Crippen molar-refractivity contribution in [2.45, 2.75) is 0 Å². The highest BCUT2D eigenvalue weighted by molar-refractivity contribution is 9.10. The van der Waals surface area contributed by atoms with Crippen molar-refractivity contribution in [2.24, 2.45) is 0 Å². The number of hydrogen-bond donors (Lipinski definition) is 1. The molecule has 19 heavy (non-hydrogen) atoms. The van der Waals surface area contributed by atoms with Gasteiger partial charge < -0.3 is 9.72 Å². The average Bonchev–Trinajstić information content (AvgIpc) is 2.75. The first-order valence-corrected chi connectivity index (χ1v) is 6.94. The van der Waals surface area contributed by atoms with Gasteiger partial charge in [0.15, 0.2) is 4.77 Å². The predicted molar refractivity (Wildman–Crippen MR) is 82.7 cm³/mol. The number of halogens is 1. The van der Waals surface area contributed by atoms with Gasteiger partial charge in [0, 0.05) is 6.07 Å². The zero-order chi connectivity index (χ0) is 13.4. The lowest BCUT2D eigenvalue weighted by Crippen LogP contribution is -1.95. The molecule has 3 nitrogen and oxygen atoms in total. The van der Waals surface area contributed by atoms with Crippen LogP contribution < -0.4 is 4.74 Å².